The number of likely N-dealkylation sites (tertiary alicyclic amines) is 1. The van der Waals surface area contributed by atoms with Crippen LogP contribution in [0, 0.1) is 24.2 Å². The molecule has 2 atom stereocenters. The van der Waals surface area contributed by atoms with Crippen molar-refractivity contribution < 1.29 is 11.0 Å². The summed E-state index contributed by atoms with van der Waals surface area (Å²) in [5.41, 5.74) is 9.85. The standard InChI is InChI=1S/C32H41N9O2.H2/c1-20-12-13-35-26(15-20)37-32(43-5)22-10-8-21(9-11-22)29(33)28-30(34)40(4)38-31(28)36-25-16-23-18-41(19-24(23)17-25)27(42)7-6-14-39(2)3;/h6-13,15,23-25,33H,14,16-19,34H2,1-5H3,(H,36,38);1H/b7-6+,33-29?,37-32?;. The summed E-state index contributed by atoms with van der Waals surface area (Å²) in [6.07, 6.45) is 7.23. The van der Waals surface area contributed by atoms with Crippen molar-refractivity contribution >= 4 is 35.0 Å². The van der Waals surface area contributed by atoms with E-state index in [0.29, 0.717) is 46.3 Å². The molecule has 3 aromatic rings. The van der Waals surface area contributed by atoms with Gasteiger partial charge in [0.2, 0.25) is 11.8 Å². The number of amides is 1. The number of aliphatic imine (C=N–C) groups is 1. The second kappa shape index (κ2) is 12.8. The average molecular weight is 586 g/mol. The van der Waals surface area contributed by atoms with Crippen LogP contribution in [0.5, 0.6) is 0 Å². The number of likely N-dealkylation sites (N-methyl/N-ethyl adjacent to an activating group) is 1. The molecule has 11 heteroatoms. The number of aromatic nitrogens is 3. The van der Waals surface area contributed by atoms with Crippen LogP contribution in [0.15, 0.2) is 59.7 Å². The van der Waals surface area contributed by atoms with Gasteiger partial charge in [0, 0.05) is 57.6 Å². The maximum Gasteiger partial charge on any atom is 0.246 e. The second-order valence-electron chi connectivity index (χ2n) is 11.7. The first kappa shape index (κ1) is 30.0. The van der Waals surface area contributed by atoms with E-state index in [4.69, 9.17) is 15.9 Å². The van der Waals surface area contributed by atoms with E-state index in [1.807, 2.05) is 73.3 Å². The lowest BCUT2D eigenvalue weighted by Gasteiger charge is -2.19. The van der Waals surface area contributed by atoms with E-state index in [0.717, 1.165) is 43.6 Å². The van der Waals surface area contributed by atoms with Gasteiger partial charge >= 0.3 is 0 Å². The Bertz CT molecular complexity index is 1530. The molecule has 43 heavy (non-hydrogen) atoms. The molecule has 1 aliphatic heterocycles. The number of nitrogens with two attached hydrogens (primary N) is 1. The summed E-state index contributed by atoms with van der Waals surface area (Å²) >= 11 is 0. The number of aryl methyl sites for hydroxylation is 2. The number of anilines is 2. The summed E-state index contributed by atoms with van der Waals surface area (Å²) in [7, 11) is 7.34. The summed E-state index contributed by atoms with van der Waals surface area (Å²) in [4.78, 5) is 25.5. The topological polar surface area (TPSA) is 138 Å². The van der Waals surface area contributed by atoms with Gasteiger partial charge in [-0.3, -0.25) is 14.9 Å². The molecule has 0 bridgehead atoms. The molecule has 4 N–H and O–H groups in total. The number of carbonyl (C=O) groups excluding carboxylic acids is 1. The molecule has 3 heterocycles. The third-order valence-electron chi connectivity index (χ3n) is 8.21. The Morgan fingerprint density at radius 3 is 2.51 bits per heavy atom. The number of nitrogens with one attached hydrogen (secondary N) is 2. The van der Waals surface area contributed by atoms with Crippen molar-refractivity contribution in [3.05, 3.63) is 77.0 Å². The number of pyridine rings is 1. The molecule has 1 amide bonds. The summed E-state index contributed by atoms with van der Waals surface area (Å²) in [5, 5.41) is 17.3. The Morgan fingerprint density at radius 1 is 1.21 bits per heavy atom. The van der Waals surface area contributed by atoms with E-state index in [9.17, 15) is 4.79 Å². The zero-order valence-electron chi connectivity index (χ0n) is 25.5. The Morgan fingerprint density at radius 2 is 1.88 bits per heavy atom. The fourth-order valence-electron chi connectivity index (χ4n) is 5.98. The summed E-state index contributed by atoms with van der Waals surface area (Å²) in [5.74, 6) is 3.05. The van der Waals surface area contributed by atoms with Crippen molar-refractivity contribution in [3.8, 4) is 0 Å². The van der Waals surface area contributed by atoms with Crippen LogP contribution in [0.25, 0.3) is 0 Å². The van der Waals surface area contributed by atoms with Gasteiger partial charge in [0.25, 0.3) is 0 Å². The van der Waals surface area contributed by atoms with Crippen LogP contribution >= 0.6 is 0 Å². The Labute approximate surface area is 254 Å². The Hall–Kier alpha value is -4.51. The lowest BCUT2D eigenvalue weighted by molar-refractivity contribution is -0.125. The molecular formula is C32H43N9O2. The van der Waals surface area contributed by atoms with Gasteiger partial charge in [-0.1, -0.05) is 18.2 Å². The lowest BCUT2D eigenvalue weighted by Crippen LogP contribution is -2.30. The number of benzene rings is 1. The molecule has 5 rings (SSSR count). The van der Waals surface area contributed by atoms with Crippen LogP contribution in [-0.2, 0) is 16.6 Å². The van der Waals surface area contributed by atoms with Crippen LogP contribution in [0.2, 0.25) is 0 Å². The molecule has 1 saturated heterocycles. The lowest BCUT2D eigenvalue weighted by atomic mass is 10.0. The van der Waals surface area contributed by atoms with E-state index in [-0.39, 0.29) is 19.1 Å². The molecule has 0 spiro atoms. The van der Waals surface area contributed by atoms with E-state index >= 15 is 0 Å². The molecular weight excluding hydrogens is 542 g/mol. The first-order valence-electron chi connectivity index (χ1n) is 14.6. The number of carbonyl (C=O) groups is 1. The van der Waals surface area contributed by atoms with Gasteiger partial charge in [0.1, 0.15) is 5.82 Å². The highest BCUT2D eigenvalue weighted by atomic mass is 16.5. The highest BCUT2D eigenvalue weighted by molar-refractivity contribution is 6.16. The molecule has 1 aromatic carbocycles. The molecule has 1 aliphatic carbocycles. The van der Waals surface area contributed by atoms with Crippen molar-refractivity contribution in [2.75, 3.05) is 51.9 Å². The fraction of sp³-hybridized carbons (Fsp3) is 0.406. The minimum Gasteiger partial charge on any atom is -0.481 e. The predicted molar refractivity (Wildman–Crippen MR) is 172 cm³/mol. The van der Waals surface area contributed by atoms with Crippen molar-refractivity contribution in [1.82, 2.24) is 24.6 Å². The van der Waals surface area contributed by atoms with Gasteiger partial charge in [-0.05, 0) is 75.5 Å². The van der Waals surface area contributed by atoms with E-state index in [2.05, 4.69) is 20.4 Å². The molecule has 228 valence electrons. The first-order valence-corrected chi connectivity index (χ1v) is 14.6. The van der Waals surface area contributed by atoms with E-state index < -0.39 is 0 Å². The maximum atomic E-state index is 12.6. The molecule has 1 saturated carbocycles. The van der Waals surface area contributed by atoms with Gasteiger partial charge in [-0.15, -0.1) is 0 Å². The minimum absolute atomic E-state index is 0. The van der Waals surface area contributed by atoms with Gasteiger partial charge < -0.3 is 25.6 Å². The van der Waals surface area contributed by atoms with Gasteiger partial charge in [-0.25, -0.2) is 4.98 Å². The first-order chi connectivity index (χ1) is 20.6. The van der Waals surface area contributed by atoms with Gasteiger partial charge in [-0.2, -0.15) is 10.1 Å². The maximum absolute atomic E-state index is 12.6. The number of nitrogens with zero attached hydrogens (tertiary/aromatic N) is 6. The molecule has 0 radical (unpaired) electrons. The highest BCUT2D eigenvalue weighted by Gasteiger charge is 2.42. The fourth-order valence-corrected chi connectivity index (χ4v) is 5.98. The van der Waals surface area contributed by atoms with E-state index in [1.165, 1.54) is 0 Å². The molecule has 11 nitrogen and oxygen atoms in total. The molecule has 2 unspecified atom stereocenters. The number of hydrogen-bond donors (Lipinski definition) is 3. The van der Waals surface area contributed by atoms with Crippen LogP contribution in [0.3, 0.4) is 0 Å². The quantitative estimate of drug-likeness (QED) is 0.197. The normalized spacial score (nSPS) is 20.2. The number of hydrogen-bond acceptors (Lipinski definition) is 9. The van der Waals surface area contributed by atoms with Crippen LogP contribution < -0.4 is 11.1 Å². The van der Waals surface area contributed by atoms with Gasteiger partial charge in [0.15, 0.2) is 11.6 Å². The SMILES string of the molecule is COC(=Nc1cc(C)ccn1)c1ccc(C(=N)c2c(NC3CC4CN(C(=O)/C=C/CN(C)C)CC4C3)nn(C)c2N)cc1.[HH]. The second-order valence-corrected chi connectivity index (χ2v) is 11.7. The number of fused-ring (bicyclic) bond motifs is 1. The zero-order chi connectivity index (χ0) is 30.7. The van der Waals surface area contributed by atoms with Crippen molar-refractivity contribution in [2.45, 2.75) is 25.8 Å². The van der Waals surface area contributed by atoms with Crippen LogP contribution in [0.4, 0.5) is 17.5 Å². The number of methoxy groups -OCH3 is 1. The Balaban J connectivity index is 0.00000442. The molecule has 2 aliphatic rings. The number of ether oxygens (including phenoxy) is 1. The molecule has 2 fully saturated rings. The number of rotatable bonds is 9. The third-order valence-corrected chi connectivity index (χ3v) is 8.21. The zero-order valence-corrected chi connectivity index (χ0v) is 25.5. The predicted octanol–water partition coefficient (Wildman–Crippen LogP) is 3.86. The number of nitrogen functional groups attached to an aromatic ring is 1. The molecule has 2 aromatic heterocycles. The van der Waals surface area contributed by atoms with Gasteiger partial charge in [0.05, 0.1) is 18.4 Å². The average Bonchev–Trinajstić information content (AvgIpc) is 3.62. The third kappa shape index (κ3) is 6.77. The Kier molecular flexibility index (Phi) is 8.91. The summed E-state index contributed by atoms with van der Waals surface area (Å²) in [6, 6.07) is 11.5. The van der Waals surface area contributed by atoms with E-state index in [1.54, 1.807) is 31.1 Å². The smallest absolute Gasteiger partial charge is 0.246 e. The monoisotopic (exact) mass is 585 g/mol. The van der Waals surface area contributed by atoms with Crippen molar-refractivity contribution in [3.63, 3.8) is 0 Å². The van der Waals surface area contributed by atoms with Crippen molar-refractivity contribution in [1.29, 1.82) is 5.41 Å². The largest absolute Gasteiger partial charge is 0.481 e. The van der Waals surface area contributed by atoms with Crippen LogP contribution in [-0.4, -0.2) is 89.0 Å². The highest BCUT2D eigenvalue weighted by Crippen LogP contribution is 2.40. The van der Waals surface area contributed by atoms with Crippen LogP contribution in [0.1, 0.15) is 36.5 Å². The summed E-state index contributed by atoms with van der Waals surface area (Å²) < 4.78 is 7.16. The minimum atomic E-state index is 0. The summed E-state index contributed by atoms with van der Waals surface area (Å²) in [6.45, 7) is 4.30. The van der Waals surface area contributed by atoms with Crippen molar-refractivity contribution in [2.24, 2.45) is 23.9 Å².